The summed E-state index contributed by atoms with van der Waals surface area (Å²) >= 11 is 0. The molecule has 1 atom stereocenters. The van der Waals surface area contributed by atoms with Gasteiger partial charge in [-0.15, -0.1) is 5.10 Å². The molecule has 0 bridgehead atoms. The van der Waals surface area contributed by atoms with E-state index >= 15 is 0 Å². The minimum atomic E-state index is -0.583. The molecule has 0 saturated carbocycles. The van der Waals surface area contributed by atoms with Crippen molar-refractivity contribution in [3.05, 3.63) is 47.3 Å². The normalized spacial score (nSPS) is 17.0. The lowest BCUT2D eigenvalue weighted by Gasteiger charge is -2.28. The van der Waals surface area contributed by atoms with E-state index in [-0.39, 0.29) is 30.2 Å². The predicted molar refractivity (Wildman–Crippen MR) is 154 cm³/mol. The van der Waals surface area contributed by atoms with Gasteiger partial charge in [-0.2, -0.15) is 9.78 Å². The van der Waals surface area contributed by atoms with Crippen LogP contribution in [0.3, 0.4) is 0 Å². The fourth-order valence-corrected chi connectivity index (χ4v) is 5.00. The van der Waals surface area contributed by atoms with Crippen LogP contribution >= 0.6 is 0 Å². The highest BCUT2D eigenvalue weighted by Crippen LogP contribution is 2.41. The Balaban J connectivity index is 1.75. The van der Waals surface area contributed by atoms with E-state index < -0.39 is 11.7 Å². The van der Waals surface area contributed by atoms with Crippen molar-refractivity contribution in [3.8, 4) is 17.2 Å². The first-order valence-electron chi connectivity index (χ1n) is 13.7. The van der Waals surface area contributed by atoms with Gasteiger partial charge in [-0.1, -0.05) is 37.3 Å². The minimum Gasteiger partial charge on any atom is -0.444 e. The van der Waals surface area contributed by atoms with Crippen molar-refractivity contribution in [2.45, 2.75) is 46.6 Å². The van der Waals surface area contributed by atoms with Gasteiger partial charge in [0.15, 0.2) is 5.65 Å². The summed E-state index contributed by atoms with van der Waals surface area (Å²) in [7, 11) is 1.56. The molecule has 1 fully saturated rings. The number of ketones is 1. The summed E-state index contributed by atoms with van der Waals surface area (Å²) in [6.07, 6.45) is 0.344. The Hall–Kier alpha value is -4.01. The van der Waals surface area contributed by atoms with Gasteiger partial charge in [0, 0.05) is 37.7 Å². The van der Waals surface area contributed by atoms with E-state index in [2.05, 4.69) is 33.3 Å². The molecule has 1 aliphatic rings. The number of hydrogen-bond acceptors (Lipinski definition) is 9. The Morgan fingerprint density at radius 2 is 1.93 bits per heavy atom. The second-order valence-corrected chi connectivity index (χ2v) is 11.7. The molecule has 4 rings (SSSR count). The molecule has 1 N–H and O–H groups in total. The summed E-state index contributed by atoms with van der Waals surface area (Å²) < 4.78 is 17.4. The van der Waals surface area contributed by atoms with Crippen LogP contribution in [-0.2, 0) is 14.2 Å². The Morgan fingerprint density at radius 1 is 1.20 bits per heavy atom. The smallest absolute Gasteiger partial charge is 0.407 e. The fourth-order valence-electron chi connectivity index (χ4n) is 5.00. The number of anilines is 1. The number of fused-ring (bicyclic) bond motifs is 1. The largest absolute Gasteiger partial charge is 0.444 e. The SMILES string of the molecule is COCCOCC(=O)c1nc2c(C#N)c(C)c(-c3ccccc3)c(N3CC[C@@](C)(CNC(=O)OC(C)(C)C)C3)n2n1. The average molecular weight is 563 g/mol. The number of pyridine rings is 1. The zero-order valence-electron chi connectivity index (χ0n) is 24.6. The van der Waals surface area contributed by atoms with Crippen LogP contribution in [0.4, 0.5) is 10.6 Å². The minimum absolute atomic E-state index is 0.0154. The number of hydrogen-bond donors (Lipinski definition) is 1. The molecule has 41 heavy (non-hydrogen) atoms. The van der Waals surface area contributed by atoms with Gasteiger partial charge in [-0.3, -0.25) is 4.79 Å². The van der Waals surface area contributed by atoms with E-state index in [9.17, 15) is 14.9 Å². The lowest BCUT2D eigenvalue weighted by molar-refractivity contribution is 0.0506. The summed E-state index contributed by atoms with van der Waals surface area (Å²) in [4.78, 5) is 32.0. The van der Waals surface area contributed by atoms with E-state index in [0.29, 0.717) is 37.5 Å². The van der Waals surface area contributed by atoms with Crippen LogP contribution in [0.25, 0.3) is 16.8 Å². The third-order valence-corrected chi connectivity index (χ3v) is 7.01. The first kappa shape index (κ1) is 30.0. The van der Waals surface area contributed by atoms with Gasteiger partial charge in [0.05, 0.1) is 13.2 Å². The number of ether oxygens (including phenoxy) is 3. The summed E-state index contributed by atoms with van der Waals surface area (Å²) in [5.41, 5.74) is 2.36. The highest BCUT2D eigenvalue weighted by Gasteiger charge is 2.38. The number of nitrogens with zero attached hydrogens (tertiary/aromatic N) is 5. The molecule has 0 unspecified atom stereocenters. The van der Waals surface area contributed by atoms with Crippen LogP contribution < -0.4 is 10.2 Å². The van der Waals surface area contributed by atoms with Gasteiger partial charge in [0.1, 0.15) is 29.7 Å². The Kier molecular flexibility index (Phi) is 8.95. The molecule has 1 aromatic carbocycles. The molecule has 0 spiro atoms. The van der Waals surface area contributed by atoms with E-state index in [1.165, 1.54) is 0 Å². The number of methoxy groups -OCH3 is 1. The van der Waals surface area contributed by atoms with Crippen molar-refractivity contribution < 1.29 is 23.8 Å². The van der Waals surface area contributed by atoms with Crippen molar-refractivity contribution in [1.29, 1.82) is 5.26 Å². The average Bonchev–Trinajstić information content (AvgIpc) is 3.53. The molecule has 1 saturated heterocycles. The number of nitriles is 1. The highest BCUT2D eigenvalue weighted by atomic mass is 16.6. The topological polar surface area (TPSA) is 131 Å². The van der Waals surface area contributed by atoms with Gasteiger partial charge >= 0.3 is 6.09 Å². The number of amides is 1. The molecule has 3 heterocycles. The third-order valence-electron chi connectivity index (χ3n) is 7.01. The van der Waals surface area contributed by atoms with Crippen LogP contribution in [-0.4, -0.2) is 78.6 Å². The molecule has 1 amide bonds. The maximum absolute atomic E-state index is 12.9. The molecule has 0 radical (unpaired) electrons. The predicted octanol–water partition coefficient (Wildman–Crippen LogP) is 4.16. The number of benzene rings is 1. The molecule has 1 aliphatic heterocycles. The molecule has 2 aromatic heterocycles. The molecule has 11 nitrogen and oxygen atoms in total. The van der Waals surface area contributed by atoms with Crippen LogP contribution in [0.5, 0.6) is 0 Å². The van der Waals surface area contributed by atoms with Crippen LogP contribution in [0.15, 0.2) is 30.3 Å². The maximum atomic E-state index is 12.9. The molecule has 0 aliphatic carbocycles. The number of carbonyl (C=O) groups excluding carboxylic acids is 2. The number of nitrogens with one attached hydrogen (secondary N) is 1. The summed E-state index contributed by atoms with van der Waals surface area (Å²) in [6.45, 7) is 11.7. The van der Waals surface area contributed by atoms with Gasteiger partial charge in [-0.05, 0) is 45.2 Å². The van der Waals surface area contributed by atoms with Crippen molar-refractivity contribution in [2.75, 3.05) is 51.5 Å². The van der Waals surface area contributed by atoms with Crippen LogP contribution in [0, 0.1) is 23.7 Å². The Bertz CT molecular complexity index is 1460. The molecule has 3 aromatic rings. The van der Waals surface area contributed by atoms with Crippen molar-refractivity contribution in [2.24, 2.45) is 5.41 Å². The summed E-state index contributed by atoms with van der Waals surface area (Å²) in [6, 6.07) is 12.1. The molecular weight excluding hydrogens is 524 g/mol. The molecular formula is C30H38N6O5. The highest BCUT2D eigenvalue weighted by molar-refractivity contribution is 5.95. The molecule has 218 valence electrons. The summed E-state index contributed by atoms with van der Waals surface area (Å²) in [5, 5.41) is 17.7. The fraction of sp³-hybridized carbons (Fsp3) is 0.500. The van der Waals surface area contributed by atoms with Crippen LogP contribution in [0.1, 0.15) is 55.9 Å². The van der Waals surface area contributed by atoms with E-state index in [1.54, 1.807) is 11.6 Å². The van der Waals surface area contributed by atoms with Gasteiger partial charge in [-0.25, -0.2) is 9.78 Å². The number of alkyl carbamates (subject to hydrolysis) is 1. The number of aromatic nitrogens is 3. The number of Topliss-reactive ketones (excluding diaryl/α,β-unsaturated/α-hetero) is 1. The van der Waals surface area contributed by atoms with Crippen LogP contribution in [0.2, 0.25) is 0 Å². The lowest BCUT2D eigenvalue weighted by Crippen LogP contribution is -2.40. The second-order valence-electron chi connectivity index (χ2n) is 11.7. The van der Waals surface area contributed by atoms with E-state index in [0.717, 1.165) is 28.9 Å². The molecule has 11 heteroatoms. The zero-order chi connectivity index (χ0) is 29.8. The second kappa shape index (κ2) is 12.2. The van der Waals surface area contributed by atoms with Crippen molar-refractivity contribution in [3.63, 3.8) is 0 Å². The third kappa shape index (κ3) is 6.84. The van der Waals surface area contributed by atoms with E-state index in [1.807, 2.05) is 58.0 Å². The maximum Gasteiger partial charge on any atom is 0.407 e. The van der Waals surface area contributed by atoms with Gasteiger partial charge in [0.2, 0.25) is 11.6 Å². The van der Waals surface area contributed by atoms with Crippen molar-refractivity contribution >= 4 is 23.3 Å². The number of rotatable bonds is 10. The quantitative estimate of drug-likeness (QED) is 0.286. The zero-order valence-corrected chi connectivity index (χ0v) is 24.6. The first-order valence-corrected chi connectivity index (χ1v) is 13.7. The van der Waals surface area contributed by atoms with Crippen molar-refractivity contribution in [1.82, 2.24) is 19.9 Å². The monoisotopic (exact) mass is 562 g/mol. The Labute approximate surface area is 240 Å². The standard InChI is InChI=1S/C30H38N6O5/c1-20-22(16-31)26-33-25(23(37)17-40-15-14-39-6)34-36(26)27(24(20)21-10-8-7-9-11-21)35-13-12-30(5,19-35)18-32-28(38)41-29(2,3)4/h7-11H,12-15,17-19H2,1-6H3,(H,32,38)/t30-/m0/s1. The number of carbonyl (C=O) groups is 2. The van der Waals surface area contributed by atoms with E-state index in [4.69, 9.17) is 14.2 Å². The summed E-state index contributed by atoms with van der Waals surface area (Å²) in [5.74, 6) is 0.347. The Morgan fingerprint density at radius 3 is 2.59 bits per heavy atom. The first-order chi connectivity index (χ1) is 19.5. The van der Waals surface area contributed by atoms with Gasteiger partial charge < -0.3 is 24.4 Å². The lowest BCUT2D eigenvalue weighted by atomic mass is 9.90. The van der Waals surface area contributed by atoms with Gasteiger partial charge in [0.25, 0.3) is 0 Å².